The lowest BCUT2D eigenvalue weighted by Crippen LogP contribution is -2.41. The first-order chi connectivity index (χ1) is 19.8. The molecule has 10 nitrogen and oxygen atoms in total. The van der Waals surface area contributed by atoms with Crippen LogP contribution in [0.1, 0.15) is 38.5 Å². The van der Waals surface area contributed by atoms with Crippen LogP contribution < -0.4 is 9.62 Å². The maximum atomic E-state index is 13.5. The van der Waals surface area contributed by atoms with Crippen molar-refractivity contribution in [3.8, 4) is 11.4 Å². The topological polar surface area (TPSA) is 130 Å². The van der Waals surface area contributed by atoms with Gasteiger partial charge in [-0.3, -0.25) is 4.79 Å². The van der Waals surface area contributed by atoms with E-state index in [1.54, 1.807) is 24.4 Å². The van der Waals surface area contributed by atoms with Crippen molar-refractivity contribution in [3.05, 3.63) is 66.7 Å². The number of ether oxygens (including phenoxy) is 1. The average molecular weight is 579 g/mol. The lowest BCUT2D eigenvalue weighted by atomic mass is 9.87. The normalized spacial score (nSPS) is 20.3. The summed E-state index contributed by atoms with van der Waals surface area (Å²) in [5.41, 5.74) is 2.19. The summed E-state index contributed by atoms with van der Waals surface area (Å²) in [6.45, 7) is 1.65. The van der Waals surface area contributed by atoms with Crippen LogP contribution in [0.3, 0.4) is 0 Å². The Morgan fingerprint density at radius 1 is 0.976 bits per heavy atom. The lowest BCUT2D eigenvalue weighted by Gasteiger charge is -2.36. The standard InChI is InChI=1S/C29H31FN6O4S/c30-21-7-10-24-25(17-21)34-28(33-24)20-6-11-26(32-18-20)36-15-12-23(13-16-36)40-22-8-4-19(5-9-22)29(37)35-41(38,39)27-3-1-2-14-31-27/h1-3,6-7,10-11,14,17-19,22-23H,4-5,8-9,12-13,15-16H2,(H,33,34)(H,35,37). The third-order valence-corrected chi connectivity index (χ3v) is 9.07. The highest BCUT2D eigenvalue weighted by molar-refractivity contribution is 7.90. The molecule has 1 aromatic carbocycles. The maximum Gasteiger partial charge on any atom is 0.281 e. The van der Waals surface area contributed by atoms with Crippen molar-refractivity contribution in [2.45, 2.75) is 55.8 Å². The van der Waals surface area contributed by atoms with Crippen molar-refractivity contribution in [2.75, 3.05) is 18.0 Å². The Hall–Kier alpha value is -3.90. The molecule has 2 aliphatic rings. The van der Waals surface area contributed by atoms with Gasteiger partial charge < -0.3 is 14.6 Å². The highest BCUT2D eigenvalue weighted by Gasteiger charge is 2.32. The average Bonchev–Trinajstić information content (AvgIpc) is 3.42. The molecule has 0 spiro atoms. The highest BCUT2D eigenvalue weighted by Crippen LogP contribution is 2.30. The number of hydrogen-bond donors (Lipinski definition) is 2. The minimum Gasteiger partial charge on any atom is -0.375 e. The van der Waals surface area contributed by atoms with Crippen LogP contribution in [0.25, 0.3) is 22.4 Å². The predicted octanol–water partition coefficient (Wildman–Crippen LogP) is 4.21. The molecule has 4 heterocycles. The van der Waals surface area contributed by atoms with Crippen LogP contribution in [0.4, 0.5) is 10.2 Å². The Labute approximate surface area is 237 Å². The number of carbonyl (C=O) groups is 1. The number of nitrogens with one attached hydrogen (secondary N) is 2. The fourth-order valence-corrected chi connectivity index (χ4v) is 6.55. The highest BCUT2D eigenvalue weighted by atomic mass is 32.2. The SMILES string of the molecule is O=C(NS(=O)(=O)c1ccccn1)C1CCC(OC2CCN(c3ccc(-c4nc5cc(F)ccc5[nH]4)cn3)CC2)CC1. The van der Waals surface area contributed by atoms with E-state index in [2.05, 4.69) is 29.6 Å². The van der Waals surface area contributed by atoms with Gasteiger partial charge in [-0.15, -0.1) is 0 Å². The number of pyridine rings is 2. The Balaban J connectivity index is 0.959. The summed E-state index contributed by atoms with van der Waals surface area (Å²) in [6.07, 6.45) is 7.74. The number of sulfonamides is 1. The van der Waals surface area contributed by atoms with Crippen molar-refractivity contribution >= 4 is 32.8 Å². The molecule has 0 unspecified atom stereocenters. The van der Waals surface area contributed by atoms with E-state index in [4.69, 9.17) is 4.74 Å². The van der Waals surface area contributed by atoms with Crippen LogP contribution in [0.15, 0.2) is 66.0 Å². The Morgan fingerprint density at radius 2 is 1.76 bits per heavy atom. The number of carbonyl (C=O) groups excluding carboxylic acids is 1. The van der Waals surface area contributed by atoms with Gasteiger partial charge in [0.05, 0.1) is 23.2 Å². The van der Waals surface area contributed by atoms with Gasteiger partial charge in [0.15, 0.2) is 5.03 Å². The Bertz CT molecular complexity index is 1610. The predicted molar refractivity (Wildman–Crippen MR) is 151 cm³/mol. The number of aromatic nitrogens is 4. The number of halogens is 1. The summed E-state index contributed by atoms with van der Waals surface area (Å²) in [7, 11) is -3.97. The third kappa shape index (κ3) is 6.23. The number of piperidine rings is 1. The fraction of sp³-hybridized carbons (Fsp3) is 0.379. The molecule has 4 aromatic rings. The number of imidazole rings is 1. The van der Waals surface area contributed by atoms with Gasteiger partial charge in [0.2, 0.25) is 5.91 Å². The van der Waals surface area contributed by atoms with Gasteiger partial charge in [-0.1, -0.05) is 6.07 Å². The zero-order chi connectivity index (χ0) is 28.4. The molecule has 1 saturated heterocycles. The van der Waals surface area contributed by atoms with Gasteiger partial charge >= 0.3 is 0 Å². The number of amides is 1. The molecule has 214 valence electrons. The molecule has 2 N–H and O–H groups in total. The summed E-state index contributed by atoms with van der Waals surface area (Å²) < 4.78 is 46.9. The summed E-state index contributed by atoms with van der Waals surface area (Å²) in [5.74, 6) is 0.391. The van der Waals surface area contributed by atoms with E-state index < -0.39 is 15.9 Å². The second-order valence-corrected chi connectivity index (χ2v) is 12.2. The molecule has 1 aliphatic heterocycles. The van der Waals surface area contributed by atoms with Gasteiger partial charge in [0, 0.05) is 43.0 Å². The second kappa shape index (κ2) is 11.5. The smallest absolute Gasteiger partial charge is 0.281 e. The van der Waals surface area contributed by atoms with Crippen LogP contribution in [-0.4, -0.2) is 59.6 Å². The molecule has 2 fully saturated rings. The molecule has 0 radical (unpaired) electrons. The summed E-state index contributed by atoms with van der Waals surface area (Å²) in [6, 6.07) is 13.0. The Kier molecular flexibility index (Phi) is 7.67. The summed E-state index contributed by atoms with van der Waals surface area (Å²) in [5, 5.41) is -0.160. The zero-order valence-electron chi connectivity index (χ0n) is 22.4. The van der Waals surface area contributed by atoms with Crippen molar-refractivity contribution in [3.63, 3.8) is 0 Å². The monoisotopic (exact) mass is 578 g/mol. The number of H-pyrrole nitrogens is 1. The van der Waals surface area contributed by atoms with Crippen molar-refractivity contribution in [1.82, 2.24) is 24.7 Å². The van der Waals surface area contributed by atoms with Crippen LogP contribution in [-0.2, 0) is 19.6 Å². The number of benzene rings is 1. The molecule has 0 bridgehead atoms. The molecule has 1 amide bonds. The minimum absolute atomic E-state index is 0.0673. The first-order valence-corrected chi connectivity index (χ1v) is 15.3. The van der Waals surface area contributed by atoms with E-state index >= 15 is 0 Å². The van der Waals surface area contributed by atoms with Crippen molar-refractivity contribution in [2.24, 2.45) is 5.92 Å². The largest absolute Gasteiger partial charge is 0.375 e. The van der Waals surface area contributed by atoms with E-state index in [0.29, 0.717) is 24.2 Å². The van der Waals surface area contributed by atoms with E-state index in [0.717, 1.165) is 55.7 Å². The maximum absolute atomic E-state index is 13.5. The number of aromatic amines is 1. The first-order valence-electron chi connectivity index (χ1n) is 13.8. The number of nitrogens with zero attached hydrogens (tertiary/aromatic N) is 4. The molecule has 1 aliphatic carbocycles. The molecule has 6 rings (SSSR count). The minimum atomic E-state index is -3.97. The molecular weight excluding hydrogens is 547 g/mol. The van der Waals surface area contributed by atoms with Crippen LogP contribution >= 0.6 is 0 Å². The first kappa shape index (κ1) is 27.3. The van der Waals surface area contributed by atoms with Crippen molar-refractivity contribution < 1.29 is 22.3 Å². The van der Waals surface area contributed by atoms with E-state index in [1.165, 1.54) is 24.4 Å². The van der Waals surface area contributed by atoms with Gasteiger partial charge in [-0.25, -0.2) is 24.1 Å². The molecule has 41 heavy (non-hydrogen) atoms. The summed E-state index contributed by atoms with van der Waals surface area (Å²) in [4.78, 5) is 31.0. The zero-order valence-corrected chi connectivity index (χ0v) is 23.2. The van der Waals surface area contributed by atoms with Crippen LogP contribution in [0, 0.1) is 11.7 Å². The Morgan fingerprint density at radius 3 is 2.46 bits per heavy atom. The molecule has 0 atom stereocenters. The summed E-state index contributed by atoms with van der Waals surface area (Å²) >= 11 is 0. The van der Waals surface area contributed by atoms with E-state index in [-0.39, 0.29) is 29.0 Å². The van der Waals surface area contributed by atoms with Crippen molar-refractivity contribution in [1.29, 1.82) is 0 Å². The number of rotatable bonds is 7. The van der Waals surface area contributed by atoms with Gasteiger partial charge in [0.1, 0.15) is 17.5 Å². The van der Waals surface area contributed by atoms with Gasteiger partial charge in [-0.05, 0) is 74.9 Å². The fourth-order valence-electron chi connectivity index (χ4n) is 5.56. The van der Waals surface area contributed by atoms with E-state index in [9.17, 15) is 17.6 Å². The van der Waals surface area contributed by atoms with Crippen LogP contribution in [0.5, 0.6) is 0 Å². The lowest BCUT2D eigenvalue weighted by molar-refractivity contribution is -0.125. The van der Waals surface area contributed by atoms with Gasteiger partial charge in [0.25, 0.3) is 10.0 Å². The number of hydrogen-bond acceptors (Lipinski definition) is 8. The number of anilines is 1. The second-order valence-electron chi connectivity index (χ2n) is 10.6. The molecule has 12 heteroatoms. The molecule has 3 aromatic heterocycles. The molecular formula is C29H31FN6O4S. The molecule has 1 saturated carbocycles. The van der Waals surface area contributed by atoms with Crippen LogP contribution in [0.2, 0.25) is 0 Å². The van der Waals surface area contributed by atoms with Gasteiger partial charge in [-0.2, -0.15) is 8.42 Å². The quantitative estimate of drug-likeness (QED) is 0.334. The third-order valence-electron chi connectivity index (χ3n) is 7.81. The number of fused-ring (bicyclic) bond motifs is 1. The van der Waals surface area contributed by atoms with E-state index in [1.807, 2.05) is 12.1 Å².